The van der Waals surface area contributed by atoms with Crippen LogP contribution in [0, 0.1) is 0 Å². The highest BCUT2D eigenvalue weighted by atomic mass is 32.1. The zero-order valence-electron chi connectivity index (χ0n) is 11.0. The van der Waals surface area contributed by atoms with Gasteiger partial charge in [-0.05, 0) is 6.07 Å². The number of hydrogen-bond acceptors (Lipinski definition) is 5. The van der Waals surface area contributed by atoms with Gasteiger partial charge in [-0.3, -0.25) is 0 Å². The maximum Gasteiger partial charge on any atom is 0.346 e. The van der Waals surface area contributed by atoms with Crippen LogP contribution in [0.1, 0.15) is 21.7 Å². The van der Waals surface area contributed by atoms with Crippen molar-refractivity contribution in [1.82, 2.24) is 0 Å². The number of carboxylic acid groups (broad SMARTS) is 1. The fraction of sp³-hybridized carbons (Fsp3) is 0.357. The summed E-state index contributed by atoms with van der Waals surface area (Å²) in [5, 5.41) is 10.2. The number of thiophene rings is 1. The highest BCUT2D eigenvalue weighted by Gasteiger charge is 2.21. The van der Waals surface area contributed by atoms with Crippen molar-refractivity contribution in [3.05, 3.63) is 22.6 Å². The Hall–Kier alpha value is -1.79. The van der Waals surface area contributed by atoms with Gasteiger partial charge in [0.05, 0.1) is 19.8 Å². The predicted octanol–water partition coefficient (Wildman–Crippen LogP) is 2.91. The molecule has 0 radical (unpaired) electrons. The molecule has 1 N–H and O–H groups in total. The van der Waals surface area contributed by atoms with Crippen LogP contribution in [0.2, 0.25) is 0 Å². The Bertz CT molecular complexity index is 661. The van der Waals surface area contributed by atoms with Gasteiger partial charge in [-0.1, -0.05) is 0 Å². The number of rotatable bonds is 3. The molecule has 2 aromatic rings. The fourth-order valence-electron chi connectivity index (χ4n) is 2.26. The second-order valence-corrected chi connectivity index (χ2v) is 5.55. The van der Waals surface area contributed by atoms with Crippen LogP contribution in [-0.4, -0.2) is 31.4 Å². The first-order valence-corrected chi connectivity index (χ1v) is 7.09. The lowest BCUT2D eigenvalue weighted by Gasteiger charge is -2.07. The van der Waals surface area contributed by atoms with E-state index in [2.05, 4.69) is 0 Å². The summed E-state index contributed by atoms with van der Waals surface area (Å²) in [6, 6.07) is 3.71. The standard InChI is InChI=1S/C14H14O5S/c1-17-7-9-8-5-10-11(19-4-2-3-18-10)6-12(8)20-13(9)14(15)16/h5-6H,2-4,7H2,1H3,(H,15,16). The molecule has 0 fully saturated rings. The van der Waals surface area contributed by atoms with Gasteiger partial charge in [0.25, 0.3) is 0 Å². The molecule has 1 aliphatic rings. The van der Waals surface area contributed by atoms with Gasteiger partial charge in [0.1, 0.15) is 4.88 Å². The van der Waals surface area contributed by atoms with Crippen molar-refractivity contribution in [3.63, 3.8) is 0 Å². The summed E-state index contributed by atoms with van der Waals surface area (Å²) in [5.74, 6) is 0.412. The molecule has 0 aliphatic carbocycles. The number of ether oxygens (including phenoxy) is 3. The van der Waals surface area contributed by atoms with Crippen molar-refractivity contribution in [2.24, 2.45) is 0 Å². The van der Waals surface area contributed by atoms with E-state index in [1.54, 1.807) is 7.11 Å². The molecule has 0 bridgehead atoms. The van der Waals surface area contributed by atoms with E-state index >= 15 is 0 Å². The minimum absolute atomic E-state index is 0.265. The number of benzene rings is 1. The van der Waals surface area contributed by atoms with Gasteiger partial charge < -0.3 is 19.3 Å². The van der Waals surface area contributed by atoms with Crippen LogP contribution in [0.3, 0.4) is 0 Å². The summed E-state index contributed by atoms with van der Waals surface area (Å²) in [5.41, 5.74) is 0.690. The minimum atomic E-state index is -0.935. The quantitative estimate of drug-likeness (QED) is 0.943. The first-order chi connectivity index (χ1) is 9.70. The average molecular weight is 294 g/mol. The largest absolute Gasteiger partial charge is 0.490 e. The third kappa shape index (κ3) is 2.21. The third-order valence-electron chi connectivity index (χ3n) is 3.14. The number of aromatic carboxylic acids is 1. The van der Waals surface area contributed by atoms with E-state index < -0.39 is 5.97 Å². The SMILES string of the molecule is COCc1c(C(=O)O)sc2cc3c(cc12)OCCCO3. The summed E-state index contributed by atoms with van der Waals surface area (Å²) in [7, 11) is 1.55. The van der Waals surface area contributed by atoms with Gasteiger partial charge in [-0.25, -0.2) is 4.79 Å². The van der Waals surface area contributed by atoms with Gasteiger partial charge in [0.2, 0.25) is 0 Å². The van der Waals surface area contributed by atoms with Crippen molar-refractivity contribution in [2.45, 2.75) is 13.0 Å². The van der Waals surface area contributed by atoms with Crippen molar-refractivity contribution in [3.8, 4) is 11.5 Å². The van der Waals surface area contributed by atoms with Crippen LogP contribution in [0.25, 0.3) is 10.1 Å². The Morgan fingerprint density at radius 2 is 2.05 bits per heavy atom. The van der Waals surface area contributed by atoms with Crippen LogP contribution in [0.15, 0.2) is 12.1 Å². The van der Waals surface area contributed by atoms with E-state index in [1.165, 1.54) is 11.3 Å². The molecular weight excluding hydrogens is 280 g/mol. The topological polar surface area (TPSA) is 65.0 Å². The van der Waals surface area contributed by atoms with Crippen LogP contribution < -0.4 is 9.47 Å². The molecule has 2 heterocycles. The average Bonchev–Trinajstić information content (AvgIpc) is 2.62. The monoisotopic (exact) mass is 294 g/mol. The summed E-state index contributed by atoms with van der Waals surface area (Å²) >= 11 is 1.24. The predicted molar refractivity (Wildman–Crippen MR) is 75.1 cm³/mol. The Kier molecular flexibility index (Phi) is 3.50. The van der Waals surface area contributed by atoms with Crippen molar-refractivity contribution >= 4 is 27.4 Å². The third-order valence-corrected chi connectivity index (χ3v) is 4.33. The molecule has 0 spiro atoms. The van der Waals surface area contributed by atoms with Gasteiger partial charge in [0.15, 0.2) is 11.5 Å². The smallest absolute Gasteiger partial charge is 0.346 e. The molecule has 1 aromatic carbocycles. The summed E-state index contributed by atoms with van der Waals surface area (Å²) in [6.07, 6.45) is 0.841. The molecule has 1 aliphatic heterocycles. The molecule has 0 amide bonds. The number of carbonyl (C=O) groups is 1. The molecule has 0 unspecified atom stereocenters. The van der Waals surface area contributed by atoms with Gasteiger partial charge in [-0.15, -0.1) is 11.3 Å². The highest BCUT2D eigenvalue weighted by Crippen LogP contribution is 2.40. The summed E-state index contributed by atoms with van der Waals surface area (Å²) in [4.78, 5) is 11.6. The molecule has 1 aromatic heterocycles. The van der Waals surface area contributed by atoms with E-state index in [1.807, 2.05) is 12.1 Å². The number of methoxy groups -OCH3 is 1. The number of carboxylic acids is 1. The second kappa shape index (κ2) is 5.30. The molecule has 0 saturated heterocycles. The molecule has 20 heavy (non-hydrogen) atoms. The number of hydrogen-bond donors (Lipinski definition) is 1. The van der Waals surface area contributed by atoms with Gasteiger partial charge >= 0.3 is 5.97 Å². The fourth-order valence-corrected chi connectivity index (χ4v) is 3.32. The van der Waals surface area contributed by atoms with Crippen molar-refractivity contribution in [2.75, 3.05) is 20.3 Å². The van der Waals surface area contributed by atoms with E-state index in [-0.39, 0.29) is 6.61 Å². The Labute approximate surface area is 119 Å². The Morgan fingerprint density at radius 1 is 1.35 bits per heavy atom. The second-order valence-electron chi connectivity index (χ2n) is 4.49. The van der Waals surface area contributed by atoms with Crippen LogP contribution in [-0.2, 0) is 11.3 Å². The minimum Gasteiger partial charge on any atom is -0.490 e. The molecule has 6 heteroatoms. The van der Waals surface area contributed by atoms with Gasteiger partial charge in [0, 0.05) is 35.2 Å². The number of fused-ring (bicyclic) bond motifs is 2. The van der Waals surface area contributed by atoms with Crippen molar-refractivity contribution in [1.29, 1.82) is 0 Å². The first kappa shape index (κ1) is 13.2. The van der Waals surface area contributed by atoms with E-state index in [0.29, 0.717) is 35.2 Å². The molecule has 0 saturated carbocycles. The van der Waals surface area contributed by atoms with Crippen LogP contribution in [0.5, 0.6) is 11.5 Å². The molecule has 5 nitrogen and oxygen atoms in total. The lowest BCUT2D eigenvalue weighted by Crippen LogP contribution is -1.99. The maximum absolute atomic E-state index is 11.3. The van der Waals surface area contributed by atoms with Crippen molar-refractivity contribution < 1.29 is 24.1 Å². The first-order valence-electron chi connectivity index (χ1n) is 6.28. The van der Waals surface area contributed by atoms with Gasteiger partial charge in [-0.2, -0.15) is 0 Å². The molecule has 106 valence electrons. The molecular formula is C14H14O5S. The zero-order chi connectivity index (χ0) is 14.1. The highest BCUT2D eigenvalue weighted by molar-refractivity contribution is 7.21. The molecule has 3 rings (SSSR count). The van der Waals surface area contributed by atoms with Crippen LogP contribution >= 0.6 is 11.3 Å². The van der Waals surface area contributed by atoms with Crippen LogP contribution in [0.4, 0.5) is 0 Å². The van der Waals surface area contributed by atoms with E-state index in [0.717, 1.165) is 16.5 Å². The van der Waals surface area contributed by atoms with E-state index in [4.69, 9.17) is 14.2 Å². The normalized spacial score (nSPS) is 14.2. The Balaban J connectivity index is 2.20. The maximum atomic E-state index is 11.3. The zero-order valence-corrected chi connectivity index (χ0v) is 11.8. The lowest BCUT2D eigenvalue weighted by atomic mass is 10.1. The summed E-state index contributed by atoms with van der Waals surface area (Å²) in [6.45, 7) is 1.48. The van der Waals surface area contributed by atoms with E-state index in [9.17, 15) is 9.90 Å². The lowest BCUT2D eigenvalue weighted by molar-refractivity contribution is 0.0698. The molecule has 0 atom stereocenters. The Morgan fingerprint density at radius 3 is 2.70 bits per heavy atom. The summed E-state index contributed by atoms with van der Waals surface area (Å²) < 4.78 is 17.3.